The maximum atomic E-state index is 13.5. The van der Waals surface area contributed by atoms with Crippen LogP contribution in [0.4, 0.5) is 0 Å². The average Bonchev–Trinajstić information content (AvgIpc) is 3.19. The Morgan fingerprint density at radius 3 is 2.27 bits per heavy atom. The van der Waals surface area contributed by atoms with Crippen LogP contribution < -0.4 is 14.2 Å². The van der Waals surface area contributed by atoms with Crippen LogP contribution in [0.3, 0.4) is 0 Å². The Hall–Kier alpha value is -4.33. The van der Waals surface area contributed by atoms with E-state index in [2.05, 4.69) is 18.8 Å². The van der Waals surface area contributed by atoms with Crippen molar-refractivity contribution >= 4 is 17.4 Å². The Bertz CT molecular complexity index is 1350. The molecule has 1 aliphatic heterocycles. The van der Waals surface area contributed by atoms with Gasteiger partial charge in [0.05, 0.1) is 31.4 Å². The highest BCUT2D eigenvalue weighted by atomic mass is 16.5. The third kappa shape index (κ3) is 6.45. The molecule has 0 bridgehead atoms. The van der Waals surface area contributed by atoms with E-state index in [0.717, 1.165) is 12.0 Å². The van der Waals surface area contributed by atoms with E-state index in [1.54, 1.807) is 60.9 Å². The molecule has 0 saturated carbocycles. The number of ether oxygens (including phenoxy) is 3. The molecule has 1 amide bonds. The Morgan fingerprint density at radius 1 is 0.925 bits per heavy atom. The van der Waals surface area contributed by atoms with Gasteiger partial charge >= 0.3 is 0 Å². The molecule has 1 unspecified atom stereocenters. The summed E-state index contributed by atoms with van der Waals surface area (Å²) in [7, 11) is 0. The van der Waals surface area contributed by atoms with E-state index in [9.17, 15) is 14.7 Å². The molecule has 2 heterocycles. The van der Waals surface area contributed by atoms with Gasteiger partial charge in [-0.15, -0.1) is 0 Å². The van der Waals surface area contributed by atoms with Crippen molar-refractivity contribution < 1.29 is 28.9 Å². The quantitative estimate of drug-likeness (QED) is 0.172. The number of aromatic nitrogens is 1. The van der Waals surface area contributed by atoms with Gasteiger partial charge in [0.2, 0.25) is 0 Å². The van der Waals surface area contributed by atoms with Gasteiger partial charge < -0.3 is 24.2 Å². The maximum absolute atomic E-state index is 13.5. The van der Waals surface area contributed by atoms with Gasteiger partial charge in [0.25, 0.3) is 11.7 Å². The number of likely N-dealkylation sites (tertiary alicyclic amines) is 1. The summed E-state index contributed by atoms with van der Waals surface area (Å²) >= 11 is 0. The number of benzene rings is 2. The van der Waals surface area contributed by atoms with E-state index in [4.69, 9.17) is 14.2 Å². The SMILES string of the molecule is CCOc1ccc(C(O)=C2C(=O)C(=O)N(Cc3ccncc3)C2c2ccc(OCCC(C)C)c(OCC)c2)cc1. The molecule has 2 aromatic carbocycles. The Balaban J connectivity index is 1.80. The van der Waals surface area contributed by atoms with Crippen LogP contribution in [-0.2, 0) is 16.1 Å². The van der Waals surface area contributed by atoms with Crippen molar-refractivity contribution in [3.8, 4) is 17.2 Å². The van der Waals surface area contributed by atoms with Crippen LogP contribution in [0.1, 0.15) is 56.8 Å². The number of hydrogen-bond donors (Lipinski definition) is 1. The van der Waals surface area contributed by atoms with Crippen molar-refractivity contribution in [2.45, 2.75) is 46.7 Å². The molecule has 1 atom stereocenters. The third-order valence-electron chi connectivity index (χ3n) is 6.62. The summed E-state index contributed by atoms with van der Waals surface area (Å²) in [5.74, 6) is 0.542. The Kier molecular flexibility index (Phi) is 9.43. The first-order chi connectivity index (χ1) is 19.3. The molecule has 1 aliphatic rings. The zero-order chi connectivity index (χ0) is 28.6. The van der Waals surface area contributed by atoms with E-state index >= 15 is 0 Å². The summed E-state index contributed by atoms with van der Waals surface area (Å²) < 4.78 is 17.4. The summed E-state index contributed by atoms with van der Waals surface area (Å²) in [6, 6.07) is 14.9. The number of rotatable bonds is 12. The number of nitrogens with zero attached hydrogens (tertiary/aromatic N) is 2. The molecule has 3 aromatic rings. The van der Waals surface area contributed by atoms with Crippen molar-refractivity contribution in [3.63, 3.8) is 0 Å². The van der Waals surface area contributed by atoms with E-state index in [-0.39, 0.29) is 17.9 Å². The zero-order valence-electron chi connectivity index (χ0n) is 23.4. The number of aliphatic hydroxyl groups excluding tert-OH is 1. The fourth-order valence-corrected chi connectivity index (χ4v) is 4.59. The maximum Gasteiger partial charge on any atom is 0.295 e. The highest BCUT2D eigenvalue weighted by Gasteiger charge is 2.46. The fraction of sp³-hybridized carbons (Fsp3) is 0.344. The normalized spacial score (nSPS) is 16.4. The number of hydrogen-bond acceptors (Lipinski definition) is 7. The topological polar surface area (TPSA) is 98.2 Å². The molecular weight excluding hydrogens is 508 g/mol. The molecule has 0 radical (unpaired) electrons. The number of ketones is 1. The zero-order valence-corrected chi connectivity index (χ0v) is 23.4. The lowest BCUT2D eigenvalue weighted by atomic mass is 9.94. The van der Waals surface area contributed by atoms with Crippen LogP contribution >= 0.6 is 0 Å². The summed E-state index contributed by atoms with van der Waals surface area (Å²) in [4.78, 5) is 32.4. The van der Waals surface area contributed by atoms with E-state index in [1.807, 2.05) is 19.9 Å². The minimum absolute atomic E-state index is 0.0131. The van der Waals surface area contributed by atoms with E-state index in [0.29, 0.717) is 54.1 Å². The lowest BCUT2D eigenvalue weighted by molar-refractivity contribution is -0.140. The molecule has 0 aliphatic carbocycles. The number of pyridine rings is 1. The average molecular weight is 545 g/mol. The summed E-state index contributed by atoms with van der Waals surface area (Å²) in [6.45, 7) is 9.64. The molecule has 1 saturated heterocycles. The first kappa shape index (κ1) is 28.7. The fourth-order valence-electron chi connectivity index (χ4n) is 4.59. The molecule has 1 fully saturated rings. The lowest BCUT2D eigenvalue weighted by Gasteiger charge is -2.26. The first-order valence-corrected chi connectivity index (χ1v) is 13.6. The predicted molar refractivity (Wildman–Crippen MR) is 152 cm³/mol. The second-order valence-corrected chi connectivity index (χ2v) is 9.91. The van der Waals surface area contributed by atoms with Crippen molar-refractivity contribution in [2.75, 3.05) is 19.8 Å². The molecule has 1 aromatic heterocycles. The summed E-state index contributed by atoms with van der Waals surface area (Å²) in [6.07, 6.45) is 4.16. The number of carbonyl (C=O) groups excluding carboxylic acids is 2. The van der Waals surface area contributed by atoms with Gasteiger partial charge in [0.1, 0.15) is 11.5 Å². The van der Waals surface area contributed by atoms with Crippen molar-refractivity contribution in [1.82, 2.24) is 9.88 Å². The molecular formula is C32H36N2O6. The Labute approximate surface area is 235 Å². The van der Waals surface area contributed by atoms with Gasteiger partial charge in [0, 0.05) is 24.5 Å². The van der Waals surface area contributed by atoms with Crippen LogP contribution in [0.25, 0.3) is 5.76 Å². The number of Topliss-reactive ketones (excluding diaryl/α,β-unsaturated/α-hetero) is 1. The van der Waals surface area contributed by atoms with Crippen LogP contribution in [-0.4, -0.2) is 46.5 Å². The molecule has 8 heteroatoms. The third-order valence-corrected chi connectivity index (χ3v) is 6.62. The minimum atomic E-state index is -0.844. The largest absolute Gasteiger partial charge is 0.507 e. The van der Waals surface area contributed by atoms with Gasteiger partial charge in [-0.1, -0.05) is 19.9 Å². The van der Waals surface area contributed by atoms with Crippen LogP contribution in [0.15, 0.2) is 72.6 Å². The predicted octanol–water partition coefficient (Wildman–Crippen LogP) is 5.93. The van der Waals surface area contributed by atoms with Crippen LogP contribution in [0.2, 0.25) is 0 Å². The van der Waals surface area contributed by atoms with Crippen LogP contribution in [0.5, 0.6) is 17.2 Å². The van der Waals surface area contributed by atoms with Crippen molar-refractivity contribution in [3.05, 3.63) is 89.3 Å². The monoisotopic (exact) mass is 544 g/mol. The second kappa shape index (κ2) is 13.2. The Morgan fingerprint density at radius 2 is 1.62 bits per heavy atom. The summed E-state index contributed by atoms with van der Waals surface area (Å²) in [5.41, 5.74) is 1.86. The number of amides is 1. The molecule has 0 spiro atoms. The molecule has 40 heavy (non-hydrogen) atoms. The number of carbonyl (C=O) groups is 2. The number of aliphatic hydroxyl groups is 1. The smallest absolute Gasteiger partial charge is 0.295 e. The lowest BCUT2D eigenvalue weighted by Crippen LogP contribution is -2.29. The van der Waals surface area contributed by atoms with Crippen molar-refractivity contribution in [1.29, 1.82) is 0 Å². The highest BCUT2D eigenvalue weighted by Crippen LogP contribution is 2.43. The van der Waals surface area contributed by atoms with Gasteiger partial charge in [-0.3, -0.25) is 14.6 Å². The van der Waals surface area contributed by atoms with Gasteiger partial charge in [-0.05, 0) is 85.8 Å². The van der Waals surface area contributed by atoms with E-state index < -0.39 is 17.7 Å². The molecule has 1 N–H and O–H groups in total. The van der Waals surface area contributed by atoms with Gasteiger partial charge in [-0.2, -0.15) is 0 Å². The second-order valence-electron chi connectivity index (χ2n) is 9.91. The molecule has 4 rings (SSSR count). The van der Waals surface area contributed by atoms with Crippen molar-refractivity contribution in [2.24, 2.45) is 5.92 Å². The summed E-state index contributed by atoms with van der Waals surface area (Å²) in [5, 5.41) is 11.4. The molecule has 210 valence electrons. The van der Waals surface area contributed by atoms with Gasteiger partial charge in [0.15, 0.2) is 11.5 Å². The highest BCUT2D eigenvalue weighted by molar-refractivity contribution is 6.46. The van der Waals surface area contributed by atoms with Crippen LogP contribution in [0, 0.1) is 5.92 Å². The molecule has 8 nitrogen and oxygen atoms in total. The van der Waals surface area contributed by atoms with Gasteiger partial charge in [-0.25, -0.2) is 0 Å². The van der Waals surface area contributed by atoms with E-state index in [1.165, 1.54) is 4.90 Å². The minimum Gasteiger partial charge on any atom is -0.507 e. The first-order valence-electron chi connectivity index (χ1n) is 13.6. The standard InChI is InChI=1S/C32H36N2O6/c1-5-38-25-10-7-23(8-11-25)30(35)28-29(34(32(37)31(28)36)20-22-13-16-33-17-14-22)24-9-12-26(27(19-24)39-6-2)40-18-15-21(3)4/h7-14,16-17,19,21,29,35H,5-6,15,18,20H2,1-4H3.